The first-order valence-electron chi connectivity index (χ1n) is 9.11. The second-order valence-electron chi connectivity index (χ2n) is 6.64. The maximum absolute atomic E-state index is 12.2. The van der Waals surface area contributed by atoms with Crippen LogP contribution in [0.4, 0.5) is 4.79 Å². The molecule has 1 aliphatic carbocycles. The number of esters is 1. The van der Waals surface area contributed by atoms with Gasteiger partial charge in [0, 0.05) is 11.6 Å². The molecular formula is C20H21ClN2O5. The molecule has 0 saturated heterocycles. The maximum Gasteiger partial charge on any atom is 0.375 e. The van der Waals surface area contributed by atoms with Crippen molar-refractivity contribution in [2.45, 2.75) is 44.8 Å². The van der Waals surface area contributed by atoms with E-state index >= 15 is 0 Å². The van der Waals surface area contributed by atoms with Gasteiger partial charge in [-0.2, -0.15) is 0 Å². The molecule has 2 aromatic rings. The van der Waals surface area contributed by atoms with E-state index < -0.39 is 24.0 Å². The average Bonchev–Trinajstić information content (AvgIpc) is 3.33. The van der Waals surface area contributed by atoms with Crippen LogP contribution < -0.4 is 10.6 Å². The predicted molar refractivity (Wildman–Crippen MR) is 103 cm³/mol. The maximum atomic E-state index is 12.2. The number of amides is 3. The molecular weight excluding hydrogens is 384 g/mol. The molecule has 3 rings (SSSR count). The molecule has 0 radical (unpaired) electrons. The number of urea groups is 1. The Bertz CT molecular complexity index is 873. The summed E-state index contributed by atoms with van der Waals surface area (Å²) in [7, 11) is 0. The van der Waals surface area contributed by atoms with Gasteiger partial charge in [-0.05, 0) is 44.0 Å². The zero-order valence-electron chi connectivity index (χ0n) is 15.4. The molecule has 0 spiro atoms. The molecule has 1 aromatic carbocycles. The summed E-state index contributed by atoms with van der Waals surface area (Å²) in [5.74, 6) is -1.17. The zero-order valence-corrected chi connectivity index (χ0v) is 16.1. The van der Waals surface area contributed by atoms with Gasteiger partial charge in [0.2, 0.25) is 5.76 Å². The fourth-order valence-electron chi connectivity index (χ4n) is 3.03. The van der Waals surface area contributed by atoms with Crippen LogP contribution in [-0.4, -0.2) is 30.1 Å². The minimum absolute atomic E-state index is 0.0648. The number of hydrogen-bond donors (Lipinski definition) is 2. The molecule has 8 heteroatoms. The van der Waals surface area contributed by atoms with E-state index in [0.29, 0.717) is 16.3 Å². The Morgan fingerprint density at radius 2 is 1.86 bits per heavy atom. The van der Waals surface area contributed by atoms with Crippen molar-refractivity contribution < 1.29 is 23.5 Å². The van der Waals surface area contributed by atoms with Gasteiger partial charge in [-0.1, -0.05) is 36.6 Å². The number of furan rings is 1. The van der Waals surface area contributed by atoms with Crippen molar-refractivity contribution in [3.05, 3.63) is 47.2 Å². The molecule has 1 aliphatic rings. The molecule has 0 unspecified atom stereocenters. The first-order chi connectivity index (χ1) is 13.4. The van der Waals surface area contributed by atoms with Crippen molar-refractivity contribution in [3.8, 4) is 11.3 Å². The molecule has 0 aliphatic heterocycles. The highest BCUT2D eigenvalue weighted by atomic mass is 35.5. The number of imide groups is 1. The summed E-state index contributed by atoms with van der Waals surface area (Å²) in [5, 5.41) is 5.41. The SMILES string of the molecule is C[C@H](OC(=O)c1ccc(-c2ccccc2Cl)o1)C(=O)NC(=O)NC1CCCC1. The van der Waals surface area contributed by atoms with Gasteiger partial charge in [0.25, 0.3) is 5.91 Å². The van der Waals surface area contributed by atoms with Gasteiger partial charge in [-0.25, -0.2) is 9.59 Å². The Hall–Kier alpha value is -2.80. The topological polar surface area (TPSA) is 97.6 Å². The lowest BCUT2D eigenvalue weighted by molar-refractivity contribution is -0.128. The second kappa shape index (κ2) is 8.93. The Morgan fingerprint density at radius 3 is 2.57 bits per heavy atom. The minimum atomic E-state index is -1.16. The van der Waals surface area contributed by atoms with Crippen molar-refractivity contribution >= 4 is 29.5 Å². The fraction of sp³-hybridized carbons (Fsp3) is 0.350. The standard InChI is InChI=1S/C20H21ClN2O5/c1-12(18(24)23-20(26)22-13-6-2-3-7-13)27-19(25)17-11-10-16(28-17)14-8-4-5-9-15(14)21/h4-5,8-13H,2-3,6-7H2,1H3,(H2,22,23,24,26)/t12-/m0/s1. The highest BCUT2D eigenvalue weighted by Crippen LogP contribution is 2.29. The zero-order chi connectivity index (χ0) is 20.1. The van der Waals surface area contributed by atoms with Gasteiger partial charge in [0.15, 0.2) is 6.10 Å². The molecule has 0 bridgehead atoms. The highest BCUT2D eigenvalue weighted by molar-refractivity contribution is 6.33. The van der Waals surface area contributed by atoms with Gasteiger partial charge in [0.1, 0.15) is 5.76 Å². The van der Waals surface area contributed by atoms with Crippen molar-refractivity contribution in [1.82, 2.24) is 10.6 Å². The normalized spacial score (nSPS) is 15.1. The van der Waals surface area contributed by atoms with E-state index in [1.807, 2.05) is 0 Å². The molecule has 1 aromatic heterocycles. The Balaban J connectivity index is 1.54. The second-order valence-corrected chi connectivity index (χ2v) is 7.04. The van der Waals surface area contributed by atoms with Crippen LogP contribution in [0.25, 0.3) is 11.3 Å². The van der Waals surface area contributed by atoms with Gasteiger partial charge >= 0.3 is 12.0 Å². The van der Waals surface area contributed by atoms with Gasteiger partial charge in [-0.15, -0.1) is 0 Å². The third kappa shape index (κ3) is 4.92. The van der Waals surface area contributed by atoms with Crippen molar-refractivity contribution in [3.63, 3.8) is 0 Å². The Labute approximate surface area is 167 Å². The summed E-state index contributed by atoms with van der Waals surface area (Å²) in [5.41, 5.74) is 0.637. The lowest BCUT2D eigenvalue weighted by Gasteiger charge is -2.15. The van der Waals surface area contributed by atoms with Crippen LogP contribution in [0.3, 0.4) is 0 Å². The third-order valence-electron chi connectivity index (χ3n) is 4.53. The van der Waals surface area contributed by atoms with Gasteiger partial charge in [-0.3, -0.25) is 10.1 Å². The Morgan fingerprint density at radius 1 is 1.14 bits per heavy atom. The first-order valence-corrected chi connectivity index (χ1v) is 9.49. The molecule has 2 N–H and O–H groups in total. The molecule has 148 valence electrons. The molecule has 1 atom stereocenters. The Kier molecular flexibility index (Phi) is 6.36. The lowest BCUT2D eigenvalue weighted by Crippen LogP contribution is -2.47. The van der Waals surface area contributed by atoms with E-state index in [2.05, 4.69) is 10.6 Å². The quantitative estimate of drug-likeness (QED) is 0.736. The average molecular weight is 405 g/mol. The molecule has 7 nitrogen and oxygen atoms in total. The molecule has 1 heterocycles. The number of halogens is 1. The van der Waals surface area contributed by atoms with Crippen LogP contribution in [0.5, 0.6) is 0 Å². The number of hydrogen-bond acceptors (Lipinski definition) is 5. The van der Waals surface area contributed by atoms with E-state index in [1.54, 1.807) is 30.3 Å². The monoisotopic (exact) mass is 404 g/mol. The van der Waals surface area contributed by atoms with Crippen LogP contribution >= 0.6 is 11.6 Å². The summed E-state index contributed by atoms with van der Waals surface area (Å²) < 4.78 is 10.6. The van der Waals surface area contributed by atoms with Crippen LogP contribution in [0, 0.1) is 0 Å². The number of carbonyl (C=O) groups excluding carboxylic acids is 3. The molecule has 28 heavy (non-hydrogen) atoms. The number of carbonyl (C=O) groups is 3. The van der Waals surface area contributed by atoms with E-state index in [4.69, 9.17) is 20.8 Å². The van der Waals surface area contributed by atoms with Crippen molar-refractivity contribution in [1.29, 1.82) is 0 Å². The molecule has 3 amide bonds. The van der Waals surface area contributed by atoms with E-state index in [1.165, 1.54) is 13.0 Å². The fourth-order valence-corrected chi connectivity index (χ4v) is 3.26. The van der Waals surface area contributed by atoms with Gasteiger partial charge in [0.05, 0.1) is 5.02 Å². The summed E-state index contributed by atoms with van der Waals surface area (Å²) in [4.78, 5) is 36.1. The summed E-state index contributed by atoms with van der Waals surface area (Å²) in [6.07, 6.45) is 2.77. The lowest BCUT2D eigenvalue weighted by atomic mass is 10.2. The predicted octanol–water partition coefficient (Wildman–Crippen LogP) is 3.91. The first kappa shape index (κ1) is 19.9. The summed E-state index contributed by atoms with van der Waals surface area (Å²) >= 11 is 6.12. The smallest absolute Gasteiger partial charge is 0.375 e. The van der Waals surface area contributed by atoms with Gasteiger partial charge < -0.3 is 14.5 Å². The minimum Gasteiger partial charge on any atom is -0.449 e. The van der Waals surface area contributed by atoms with E-state index in [-0.39, 0.29) is 11.8 Å². The van der Waals surface area contributed by atoms with Crippen LogP contribution in [-0.2, 0) is 9.53 Å². The number of rotatable bonds is 5. The molecule has 1 fully saturated rings. The number of benzene rings is 1. The largest absolute Gasteiger partial charge is 0.449 e. The number of nitrogens with one attached hydrogen (secondary N) is 2. The van der Waals surface area contributed by atoms with E-state index in [9.17, 15) is 14.4 Å². The number of ether oxygens (including phenoxy) is 1. The van der Waals surface area contributed by atoms with Crippen LogP contribution in [0.15, 0.2) is 40.8 Å². The summed E-state index contributed by atoms with van der Waals surface area (Å²) in [6.45, 7) is 1.38. The van der Waals surface area contributed by atoms with Crippen molar-refractivity contribution in [2.24, 2.45) is 0 Å². The van der Waals surface area contributed by atoms with Crippen LogP contribution in [0.2, 0.25) is 5.02 Å². The summed E-state index contributed by atoms with van der Waals surface area (Å²) in [6, 6.07) is 9.58. The van der Waals surface area contributed by atoms with E-state index in [0.717, 1.165) is 25.7 Å². The highest BCUT2D eigenvalue weighted by Gasteiger charge is 2.24. The van der Waals surface area contributed by atoms with Crippen molar-refractivity contribution in [2.75, 3.05) is 0 Å². The van der Waals surface area contributed by atoms with Crippen LogP contribution in [0.1, 0.15) is 43.2 Å². The third-order valence-corrected chi connectivity index (χ3v) is 4.86. The molecule has 1 saturated carbocycles.